The fourth-order valence-electron chi connectivity index (χ4n) is 4.46. The molecule has 0 unspecified atom stereocenters. The summed E-state index contributed by atoms with van der Waals surface area (Å²) in [7, 11) is 0. The summed E-state index contributed by atoms with van der Waals surface area (Å²) >= 11 is 1.55. The molecule has 2 heterocycles. The molecule has 0 amide bonds. The molecule has 1 aliphatic carbocycles. The van der Waals surface area contributed by atoms with Gasteiger partial charge in [-0.15, -0.1) is 0 Å². The van der Waals surface area contributed by atoms with Crippen LogP contribution in [-0.2, 0) is 0 Å². The summed E-state index contributed by atoms with van der Waals surface area (Å²) in [5.41, 5.74) is 4.01. The first-order valence-corrected chi connectivity index (χ1v) is 11.4. The number of fused-ring (bicyclic) bond motifs is 1. The smallest absolute Gasteiger partial charge is 0.211 e. The average Bonchev–Trinajstić information content (AvgIpc) is 3.31. The molecule has 2 aromatic carbocycles. The second kappa shape index (κ2) is 8.07. The molecule has 1 saturated carbocycles. The van der Waals surface area contributed by atoms with E-state index in [1.165, 1.54) is 19.3 Å². The van der Waals surface area contributed by atoms with Gasteiger partial charge in [0.25, 0.3) is 0 Å². The van der Waals surface area contributed by atoms with Gasteiger partial charge in [-0.2, -0.15) is 0 Å². The summed E-state index contributed by atoms with van der Waals surface area (Å²) < 4.78 is 2.08. The molecule has 3 aromatic rings. The van der Waals surface area contributed by atoms with Crippen LogP contribution in [0.5, 0.6) is 5.88 Å². The van der Waals surface area contributed by atoms with Gasteiger partial charge in [0.2, 0.25) is 5.88 Å². The van der Waals surface area contributed by atoms with Gasteiger partial charge in [0.15, 0.2) is 4.80 Å². The van der Waals surface area contributed by atoms with E-state index in [1.807, 2.05) is 60.8 Å². The first-order chi connectivity index (χ1) is 14.7. The van der Waals surface area contributed by atoms with Gasteiger partial charge in [0.1, 0.15) is 0 Å². The molecule has 0 spiro atoms. The number of aromatic hydroxyl groups is 1. The Morgan fingerprint density at radius 2 is 1.83 bits per heavy atom. The van der Waals surface area contributed by atoms with Gasteiger partial charge >= 0.3 is 0 Å². The molecule has 1 aromatic heterocycles. The minimum absolute atomic E-state index is 0.272. The Kier molecular flexibility index (Phi) is 5.13. The molecule has 1 aliphatic heterocycles. The van der Waals surface area contributed by atoms with Gasteiger partial charge in [-0.1, -0.05) is 67.5 Å². The summed E-state index contributed by atoms with van der Waals surface area (Å²) in [4.78, 5) is 11.1. The number of allylic oxidation sites excluding steroid dienone is 1. The predicted molar refractivity (Wildman–Crippen MR) is 125 cm³/mol. The highest BCUT2D eigenvalue weighted by molar-refractivity contribution is 7.10. The van der Waals surface area contributed by atoms with E-state index in [0.29, 0.717) is 11.8 Å². The monoisotopic (exact) mass is 415 g/mol. The van der Waals surface area contributed by atoms with Crippen molar-refractivity contribution in [2.24, 2.45) is 15.9 Å². The molecular formula is C25H25N3OS. The molecule has 5 rings (SSSR count). The van der Waals surface area contributed by atoms with Gasteiger partial charge in [-0.3, -0.25) is 9.56 Å². The molecule has 4 nitrogen and oxygen atoms in total. The highest BCUT2D eigenvalue weighted by Gasteiger charge is 2.27. The Bertz CT molecular complexity index is 1190. The van der Waals surface area contributed by atoms with Crippen molar-refractivity contribution in [1.29, 1.82) is 0 Å². The number of thiazole rings is 1. The maximum Gasteiger partial charge on any atom is 0.211 e. The summed E-state index contributed by atoms with van der Waals surface area (Å²) in [5.74, 6) is 0.835. The quantitative estimate of drug-likeness (QED) is 0.522. The van der Waals surface area contributed by atoms with E-state index in [4.69, 9.17) is 4.99 Å². The number of aliphatic imine (C=N–C) groups is 1. The molecule has 2 atom stereocenters. The predicted octanol–water partition coefficient (Wildman–Crippen LogP) is 6.50. The molecule has 1 N–H and O–H groups in total. The van der Waals surface area contributed by atoms with Gasteiger partial charge in [0.05, 0.1) is 16.3 Å². The van der Waals surface area contributed by atoms with Gasteiger partial charge in [0, 0.05) is 23.4 Å². The molecule has 2 aliphatic rings. The molecule has 0 bridgehead atoms. The highest BCUT2D eigenvalue weighted by atomic mass is 32.1. The number of aromatic nitrogens is 1. The van der Waals surface area contributed by atoms with Crippen molar-refractivity contribution in [2.75, 3.05) is 0 Å². The zero-order valence-electron chi connectivity index (χ0n) is 17.0. The Hall–Kier alpha value is -2.92. The van der Waals surface area contributed by atoms with Crippen LogP contribution >= 0.6 is 11.3 Å². The van der Waals surface area contributed by atoms with E-state index in [2.05, 4.69) is 22.5 Å². The van der Waals surface area contributed by atoms with E-state index in [1.54, 1.807) is 11.3 Å². The van der Waals surface area contributed by atoms with Crippen molar-refractivity contribution < 1.29 is 5.11 Å². The summed E-state index contributed by atoms with van der Waals surface area (Å²) in [6.07, 6.45) is 8.65. The molecule has 0 saturated heterocycles. The van der Waals surface area contributed by atoms with E-state index in [0.717, 1.165) is 38.6 Å². The minimum atomic E-state index is 0.272. The van der Waals surface area contributed by atoms with Crippen molar-refractivity contribution in [3.05, 3.63) is 69.8 Å². The van der Waals surface area contributed by atoms with Crippen LogP contribution in [-0.4, -0.2) is 15.9 Å². The lowest BCUT2D eigenvalue weighted by Crippen LogP contribution is -2.27. The van der Waals surface area contributed by atoms with Crippen molar-refractivity contribution in [3.8, 4) is 5.88 Å². The van der Waals surface area contributed by atoms with E-state index >= 15 is 0 Å². The van der Waals surface area contributed by atoms with E-state index < -0.39 is 0 Å². The number of nitrogens with zero attached hydrogens (tertiary/aromatic N) is 3. The van der Waals surface area contributed by atoms with Crippen LogP contribution in [0.25, 0.3) is 11.6 Å². The number of benzene rings is 2. The number of hydrogen-bond donors (Lipinski definition) is 1. The molecule has 152 valence electrons. The maximum atomic E-state index is 11.3. The van der Waals surface area contributed by atoms with E-state index in [-0.39, 0.29) is 6.04 Å². The number of para-hydroxylation sites is 2. The Balaban J connectivity index is 1.65. The molecule has 1 fully saturated rings. The SMILES string of the molecule is C[C@@H]1CCCC[C@@H]1n1c(O)c(C=C2C=Nc3ccccc32)sc1=Nc1ccccc1. The van der Waals surface area contributed by atoms with Crippen LogP contribution in [0.2, 0.25) is 0 Å². The van der Waals surface area contributed by atoms with Crippen LogP contribution in [0, 0.1) is 5.92 Å². The molecule has 0 radical (unpaired) electrons. The Morgan fingerprint density at radius 3 is 2.67 bits per heavy atom. The summed E-state index contributed by atoms with van der Waals surface area (Å²) in [6.45, 7) is 2.29. The lowest BCUT2D eigenvalue weighted by Gasteiger charge is -2.30. The lowest BCUT2D eigenvalue weighted by atomic mass is 9.86. The largest absolute Gasteiger partial charge is 0.493 e. The second-order valence-corrected chi connectivity index (χ2v) is 9.10. The van der Waals surface area contributed by atoms with Gasteiger partial charge in [-0.25, -0.2) is 4.99 Å². The lowest BCUT2D eigenvalue weighted by molar-refractivity contribution is 0.234. The van der Waals surface area contributed by atoms with Crippen LogP contribution < -0.4 is 4.80 Å². The van der Waals surface area contributed by atoms with Gasteiger partial charge in [-0.05, 0) is 43.0 Å². The van der Waals surface area contributed by atoms with E-state index in [9.17, 15) is 5.11 Å². The third-order valence-corrected chi connectivity index (χ3v) is 7.07. The molecule has 30 heavy (non-hydrogen) atoms. The fourth-order valence-corrected chi connectivity index (χ4v) is 5.50. The second-order valence-electron chi connectivity index (χ2n) is 8.09. The zero-order valence-corrected chi connectivity index (χ0v) is 17.8. The summed E-state index contributed by atoms with van der Waals surface area (Å²) in [5, 5.41) is 11.3. The highest BCUT2D eigenvalue weighted by Crippen LogP contribution is 2.39. The van der Waals surface area contributed by atoms with Gasteiger partial charge < -0.3 is 5.11 Å². The van der Waals surface area contributed by atoms with Crippen molar-refractivity contribution in [3.63, 3.8) is 0 Å². The average molecular weight is 416 g/mol. The summed E-state index contributed by atoms with van der Waals surface area (Å²) in [6, 6.07) is 18.4. The topological polar surface area (TPSA) is 49.9 Å². The molecular weight excluding hydrogens is 390 g/mol. The van der Waals surface area contributed by atoms with Crippen molar-refractivity contribution >= 4 is 40.6 Å². The third-order valence-electron chi connectivity index (χ3n) is 6.08. The van der Waals surface area contributed by atoms with Crippen LogP contribution in [0.15, 0.2) is 64.6 Å². The first-order valence-electron chi connectivity index (χ1n) is 10.6. The normalized spacial score (nSPS) is 22.6. The van der Waals surface area contributed by atoms with Crippen LogP contribution in [0.4, 0.5) is 11.4 Å². The number of rotatable bonds is 3. The first kappa shape index (κ1) is 19.1. The Labute approximate surface area is 180 Å². The van der Waals surface area contributed by atoms with Crippen LogP contribution in [0.1, 0.15) is 49.1 Å². The standard InChI is InChI=1S/C25H25N3OS/c1-17-9-5-8-14-22(17)28-24(29)23(30-25(28)27-19-10-3-2-4-11-19)15-18-16-26-21-13-7-6-12-20(18)21/h2-4,6-7,10-13,15-17,22,29H,5,8-9,14H2,1H3/t17-,22+/m1/s1. The van der Waals surface area contributed by atoms with Crippen molar-refractivity contribution in [1.82, 2.24) is 4.57 Å². The fraction of sp³-hybridized carbons (Fsp3) is 0.280. The third kappa shape index (κ3) is 3.54. The number of hydrogen-bond acceptors (Lipinski definition) is 4. The van der Waals surface area contributed by atoms with Crippen LogP contribution in [0.3, 0.4) is 0 Å². The minimum Gasteiger partial charge on any atom is -0.493 e. The molecule has 5 heteroatoms. The zero-order chi connectivity index (χ0) is 20.5. The Morgan fingerprint density at radius 1 is 1.07 bits per heavy atom. The van der Waals surface area contributed by atoms with Crippen molar-refractivity contribution in [2.45, 2.75) is 38.6 Å². The maximum absolute atomic E-state index is 11.3.